The largest absolute Gasteiger partial charge is 0.367 e. The van der Waals surface area contributed by atoms with E-state index < -0.39 is 6.04 Å². The average Bonchev–Trinajstić information content (AvgIpc) is 2.89. The molecule has 1 atom stereocenters. The number of para-hydroxylation sites is 1. The summed E-state index contributed by atoms with van der Waals surface area (Å²) in [5.41, 5.74) is 4.29. The molecule has 6 heteroatoms. The maximum atomic E-state index is 13.8. The first-order valence-electron chi connectivity index (χ1n) is 12.4. The number of benzene rings is 3. The van der Waals surface area contributed by atoms with Crippen molar-refractivity contribution in [1.29, 1.82) is 0 Å². The second kappa shape index (κ2) is 11.3. The molecule has 0 aliphatic heterocycles. The molecule has 0 bridgehead atoms. The number of ether oxygens (including phenoxy) is 1. The van der Waals surface area contributed by atoms with E-state index in [1.807, 2.05) is 94.4 Å². The van der Waals surface area contributed by atoms with Crippen LogP contribution in [0.2, 0.25) is 0 Å². The summed E-state index contributed by atoms with van der Waals surface area (Å²) < 4.78 is 7.44. The van der Waals surface area contributed by atoms with Gasteiger partial charge >= 0.3 is 0 Å². The standard InChI is InChI=1S/C30H33N3O3/c1-5-17-32(28(34)20-36-19-24-11-7-6-8-12-24)23(4)29-31-26-14-10-9-13-25(26)30(35)33(29)27-18-21(2)15-16-22(27)3/h6-16,18,23H,5,17,19-20H2,1-4H3. The predicted molar refractivity (Wildman–Crippen MR) is 143 cm³/mol. The molecule has 0 fully saturated rings. The molecule has 6 nitrogen and oxygen atoms in total. The SMILES string of the molecule is CCCN(C(=O)COCc1ccccc1)C(C)c1nc2ccccc2c(=O)n1-c1cc(C)ccc1C. The van der Waals surface area contributed by atoms with Crippen LogP contribution in [0.3, 0.4) is 0 Å². The lowest BCUT2D eigenvalue weighted by Crippen LogP contribution is -2.39. The normalized spacial score (nSPS) is 12.0. The summed E-state index contributed by atoms with van der Waals surface area (Å²) in [5.74, 6) is 0.410. The van der Waals surface area contributed by atoms with Gasteiger partial charge in [0.15, 0.2) is 0 Å². The Morgan fingerprint density at radius 3 is 2.50 bits per heavy atom. The van der Waals surface area contributed by atoms with Gasteiger partial charge in [-0.1, -0.05) is 61.5 Å². The van der Waals surface area contributed by atoms with Gasteiger partial charge in [-0.05, 0) is 62.1 Å². The van der Waals surface area contributed by atoms with Crippen LogP contribution in [0.5, 0.6) is 0 Å². The van der Waals surface area contributed by atoms with E-state index in [1.165, 1.54) is 0 Å². The minimum Gasteiger partial charge on any atom is -0.367 e. The number of amides is 1. The Morgan fingerprint density at radius 1 is 1.03 bits per heavy atom. The molecule has 1 amide bonds. The molecule has 0 N–H and O–H groups in total. The van der Waals surface area contributed by atoms with E-state index in [0.29, 0.717) is 29.9 Å². The second-order valence-electron chi connectivity index (χ2n) is 9.16. The van der Waals surface area contributed by atoms with E-state index in [0.717, 1.165) is 28.8 Å². The lowest BCUT2D eigenvalue weighted by atomic mass is 10.1. The molecule has 0 saturated carbocycles. The summed E-state index contributed by atoms with van der Waals surface area (Å²) in [4.78, 5) is 33.8. The molecule has 0 radical (unpaired) electrons. The van der Waals surface area contributed by atoms with Crippen LogP contribution in [0, 0.1) is 13.8 Å². The molecule has 1 heterocycles. The summed E-state index contributed by atoms with van der Waals surface area (Å²) in [6, 6.07) is 22.7. The molecule has 3 aromatic carbocycles. The van der Waals surface area contributed by atoms with Crippen LogP contribution in [-0.4, -0.2) is 33.5 Å². The number of hydrogen-bond acceptors (Lipinski definition) is 4. The van der Waals surface area contributed by atoms with Crippen LogP contribution in [-0.2, 0) is 16.1 Å². The quantitative estimate of drug-likeness (QED) is 0.314. The minimum atomic E-state index is -0.435. The molecule has 0 aliphatic rings. The summed E-state index contributed by atoms with van der Waals surface area (Å²) in [6.45, 7) is 8.80. The van der Waals surface area contributed by atoms with Crippen molar-refractivity contribution in [3.63, 3.8) is 0 Å². The van der Waals surface area contributed by atoms with E-state index in [2.05, 4.69) is 0 Å². The molecule has 4 rings (SSSR count). The van der Waals surface area contributed by atoms with Crippen molar-refractivity contribution < 1.29 is 9.53 Å². The van der Waals surface area contributed by atoms with Gasteiger partial charge in [0.1, 0.15) is 12.4 Å². The fraction of sp³-hybridized carbons (Fsp3) is 0.300. The summed E-state index contributed by atoms with van der Waals surface area (Å²) in [7, 11) is 0. The molecule has 0 aliphatic carbocycles. The Balaban J connectivity index is 1.73. The van der Waals surface area contributed by atoms with Gasteiger partial charge in [0.25, 0.3) is 5.56 Å². The van der Waals surface area contributed by atoms with E-state index in [1.54, 1.807) is 15.5 Å². The van der Waals surface area contributed by atoms with Gasteiger partial charge in [0.2, 0.25) is 5.91 Å². The Labute approximate surface area is 212 Å². The number of aromatic nitrogens is 2. The first-order valence-corrected chi connectivity index (χ1v) is 12.4. The number of carbonyl (C=O) groups is 1. The van der Waals surface area contributed by atoms with Crippen LogP contribution >= 0.6 is 0 Å². The van der Waals surface area contributed by atoms with E-state index in [9.17, 15) is 9.59 Å². The molecule has 4 aromatic rings. The highest BCUT2D eigenvalue weighted by atomic mass is 16.5. The number of hydrogen-bond donors (Lipinski definition) is 0. The van der Waals surface area contributed by atoms with E-state index in [-0.39, 0.29) is 18.1 Å². The topological polar surface area (TPSA) is 64.4 Å². The lowest BCUT2D eigenvalue weighted by Gasteiger charge is -2.30. The first kappa shape index (κ1) is 25.3. The average molecular weight is 484 g/mol. The Kier molecular flexibility index (Phi) is 7.96. The summed E-state index contributed by atoms with van der Waals surface area (Å²) in [6.07, 6.45) is 0.774. The molecule has 1 aromatic heterocycles. The van der Waals surface area contributed by atoms with Crippen LogP contribution in [0.15, 0.2) is 77.6 Å². The highest BCUT2D eigenvalue weighted by Gasteiger charge is 2.27. The summed E-state index contributed by atoms with van der Waals surface area (Å²) in [5, 5.41) is 0.550. The maximum Gasteiger partial charge on any atom is 0.266 e. The third-order valence-corrected chi connectivity index (χ3v) is 6.37. The Bertz CT molecular complexity index is 1410. The summed E-state index contributed by atoms with van der Waals surface area (Å²) >= 11 is 0. The molecule has 0 saturated heterocycles. The zero-order valence-electron chi connectivity index (χ0n) is 21.4. The molecule has 0 spiro atoms. The van der Waals surface area contributed by atoms with Crippen molar-refractivity contribution in [3.05, 3.63) is 106 Å². The Hall–Kier alpha value is -3.77. The number of rotatable bonds is 9. The van der Waals surface area contributed by atoms with Crippen LogP contribution in [0.25, 0.3) is 16.6 Å². The highest BCUT2D eigenvalue weighted by Crippen LogP contribution is 2.25. The van der Waals surface area contributed by atoms with Crippen LogP contribution < -0.4 is 5.56 Å². The zero-order valence-corrected chi connectivity index (χ0v) is 21.4. The first-order chi connectivity index (χ1) is 17.4. The van der Waals surface area contributed by atoms with Crippen LogP contribution in [0.4, 0.5) is 0 Å². The van der Waals surface area contributed by atoms with Crippen molar-refractivity contribution in [2.24, 2.45) is 0 Å². The smallest absolute Gasteiger partial charge is 0.266 e. The van der Waals surface area contributed by atoms with Gasteiger partial charge in [-0.25, -0.2) is 4.98 Å². The van der Waals surface area contributed by atoms with Crippen molar-refractivity contribution in [2.75, 3.05) is 13.2 Å². The van der Waals surface area contributed by atoms with Crippen molar-refractivity contribution in [3.8, 4) is 5.69 Å². The molecular weight excluding hydrogens is 450 g/mol. The van der Waals surface area contributed by atoms with Gasteiger partial charge in [0, 0.05) is 6.54 Å². The minimum absolute atomic E-state index is 0.0412. The van der Waals surface area contributed by atoms with E-state index in [4.69, 9.17) is 9.72 Å². The van der Waals surface area contributed by atoms with Gasteiger partial charge in [-0.15, -0.1) is 0 Å². The van der Waals surface area contributed by atoms with Gasteiger partial charge in [0.05, 0.1) is 29.2 Å². The van der Waals surface area contributed by atoms with E-state index >= 15 is 0 Å². The number of fused-ring (bicyclic) bond motifs is 1. The molecular formula is C30H33N3O3. The van der Waals surface area contributed by atoms with Gasteiger partial charge in [-0.3, -0.25) is 14.2 Å². The molecule has 36 heavy (non-hydrogen) atoms. The monoisotopic (exact) mass is 483 g/mol. The highest BCUT2D eigenvalue weighted by molar-refractivity contribution is 5.79. The van der Waals surface area contributed by atoms with Crippen LogP contribution in [0.1, 0.15) is 48.8 Å². The van der Waals surface area contributed by atoms with Crippen molar-refractivity contribution in [1.82, 2.24) is 14.5 Å². The van der Waals surface area contributed by atoms with Crippen molar-refractivity contribution >= 4 is 16.8 Å². The third-order valence-electron chi connectivity index (χ3n) is 6.37. The van der Waals surface area contributed by atoms with Gasteiger partial charge < -0.3 is 9.64 Å². The zero-order chi connectivity index (χ0) is 25.7. The fourth-order valence-electron chi connectivity index (χ4n) is 4.45. The number of aryl methyl sites for hydroxylation is 2. The molecule has 1 unspecified atom stereocenters. The lowest BCUT2D eigenvalue weighted by molar-refractivity contribution is -0.139. The van der Waals surface area contributed by atoms with Crippen molar-refractivity contribution in [2.45, 2.75) is 46.8 Å². The maximum absolute atomic E-state index is 13.8. The fourth-order valence-corrected chi connectivity index (χ4v) is 4.45. The Morgan fingerprint density at radius 2 is 1.75 bits per heavy atom. The predicted octanol–water partition coefficient (Wildman–Crippen LogP) is 5.52. The molecule has 186 valence electrons. The third kappa shape index (κ3) is 5.39. The second-order valence-corrected chi connectivity index (χ2v) is 9.16. The number of carbonyl (C=O) groups excluding carboxylic acids is 1. The number of nitrogens with zero attached hydrogens (tertiary/aromatic N) is 3. The van der Waals surface area contributed by atoms with Gasteiger partial charge in [-0.2, -0.15) is 0 Å².